The van der Waals surface area contributed by atoms with Crippen molar-refractivity contribution in [2.75, 3.05) is 7.05 Å². The number of carboxylic acid groups (broad SMARTS) is 1. The Bertz CT molecular complexity index is 604. The summed E-state index contributed by atoms with van der Waals surface area (Å²) in [5, 5.41) is 8.72. The number of carbonyl (C=O) groups excluding carboxylic acids is 1. The molecule has 1 aromatic carbocycles. The number of carboxylic acids is 1. The molecule has 0 saturated heterocycles. The Morgan fingerprint density at radius 3 is 2.56 bits per heavy atom. The first kappa shape index (κ1) is 10.6. The second kappa shape index (κ2) is 3.05. The van der Waals surface area contributed by atoms with Crippen LogP contribution < -0.4 is 0 Å². The smallest absolute Gasteiger partial charge is 0.335 e. The maximum Gasteiger partial charge on any atom is 0.335 e. The van der Waals surface area contributed by atoms with Gasteiger partial charge in [0.05, 0.1) is 11.1 Å². The topological polar surface area (TPSA) is 91.8 Å². The van der Waals surface area contributed by atoms with Gasteiger partial charge in [-0.1, -0.05) is 0 Å². The van der Waals surface area contributed by atoms with Gasteiger partial charge in [0.1, 0.15) is 4.90 Å². The van der Waals surface area contributed by atoms with E-state index in [1.54, 1.807) is 0 Å². The molecule has 1 amide bonds. The molecule has 0 radical (unpaired) electrons. The quantitative estimate of drug-likeness (QED) is 0.756. The summed E-state index contributed by atoms with van der Waals surface area (Å²) >= 11 is 0. The van der Waals surface area contributed by atoms with E-state index >= 15 is 0 Å². The van der Waals surface area contributed by atoms with Crippen molar-refractivity contribution in [1.29, 1.82) is 0 Å². The van der Waals surface area contributed by atoms with Crippen LogP contribution in [0, 0.1) is 0 Å². The van der Waals surface area contributed by atoms with Crippen molar-refractivity contribution in [1.82, 2.24) is 4.31 Å². The Labute approximate surface area is 91.2 Å². The summed E-state index contributed by atoms with van der Waals surface area (Å²) in [4.78, 5) is 22.1. The number of nitrogens with zero attached hydrogens (tertiary/aromatic N) is 1. The summed E-state index contributed by atoms with van der Waals surface area (Å²) in [7, 11) is -2.65. The van der Waals surface area contributed by atoms with Gasteiger partial charge in [0.2, 0.25) is 0 Å². The Kier molecular flexibility index (Phi) is 2.02. The predicted octanol–water partition coefficient (Wildman–Crippen LogP) is 0.159. The summed E-state index contributed by atoms with van der Waals surface area (Å²) in [6.07, 6.45) is 0. The van der Waals surface area contributed by atoms with E-state index in [1.807, 2.05) is 0 Å². The molecule has 6 nitrogen and oxygen atoms in total. The van der Waals surface area contributed by atoms with Gasteiger partial charge in [0, 0.05) is 7.05 Å². The van der Waals surface area contributed by atoms with Crippen molar-refractivity contribution < 1.29 is 23.1 Å². The number of aromatic carboxylic acids is 1. The van der Waals surface area contributed by atoms with Gasteiger partial charge in [0.25, 0.3) is 15.9 Å². The van der Waals surface area contributed by atoms with E-state index in [1.165, 1.54) is 0 Å². The van der Waals surface area contributed by atoms with Crippen LogP contribution in [0.5, 0.6) is 0 Å². The molecule has 0 bridgehead atoms. The van der Waals surface area contributed by atoms with Gasteiger partial charge in [-0.2, -0.15) is 0 Å². The number of fused-ring (bicyclic) bond motifs is 1. The molecule has 1 aromatic rings. The fourth-order valence-electron chi connectivity index (χ4n) is 1.48. The third-order valence-electron chi connectivity index (χ3n) is 2.38. The van der Waals surface area contributed by atoms with E-state index in [4.69, 9.17) is 5.11 Å². The average molecular weight is 241 g/mol. The number of carbonyl (C=O) groups is 2. The molecule has 1 aliphatic rings. The molecule has 16 heavy (non-hydrogen) atoms. The normalized spacial score (nSPS) is 17.3. The van der Waals surface area contributed by atoms with Crippen LogP contribution in [0.2, 0.25) is 0 Å². The first-order valence-electron chi connectivity index (χ1n) is 4.26. The lowest BCUT2D eigenvalue weighted by atomic mass is 10.1. The van der Waals surface area contributed by atoms with Gasteiger partial charge in [-0.3, -0.25) is 4.79 Å². The molecule has 0 aromatic heterocycles. The summed E-state index contributed by atoms with van der Waals surface area (Å²) in [5.41, 5.74) is -0.208. The van der Waals surface area contributed by atoms with E-state index in [9.17, 15) is 18.0 Å². The standard InChI is InChI=1S/C9H7NO5S/c1-10-8(11)6-4-5(9(12)13)2-3-7(6)16(10,14)15/h2-4H,1H3,(H,12,13). The summed E-state index contributed by atoms with van der Waals surface area (Å²) < 4.78 is 23.9. The second-order valence-electron chi connectivity index (χ2n) is 3.29. The van der Waals surface area contributed by atoms with Crippen LogP contribution in [-0.4, -0.2) is 36.8 Å². The highest BCUT2D eigenvalue weighted by atomic mass is 32.2. The molecule has 7 heteroatoms. The van der Waals surface area contributed by atoms with Crippen LogP contribution in [0.15, 0.2) is 23.1 Å². The lowest BCUT2D eigenvalue weighted by Crippen LogP contribution is -2.24. The molecule has 2 rings (SSSR count). The van der Waals surface area contributed by atoms with Crippen molar-refractivity contribution in [2.45, 2.75) is 4.90 Å². The van der Waals surface area contributed by atoms with E-state index in [0.717, 1.165) is 25.2 Å². The Balaban J connectivity index is 2.74. The average Bonchev–Trinajstić information content (AvgIpc) is 2.40. The predicted molar refractivity (Wildman–Crippen MR) is 52.7 cm³/mol. The molecule has 0 aliphatic carbocycles. The fraction of sp³-hybridized carbons (Fsp3) is 0.111. The lowest BCUT2D eigenvalue weighted by Gasteiger charge is -2.05. The largest absolute Gasteiger partial charge is 0.478 e. The summed E-state index contributed by atoms with van der Waals surface area (Å²) in [5.74, 6) is -1.92. The van der Waals surface area contributed by atoms with Crippen LogP contribution in [0.4, 0.5) is 0 Å². The van der Waals surface area contributed by atoms with Gasteiger partial charge < -0.3 is 5.11 Å². The van der Waals surface area contributed by atoms with Gasteiger partial charge in [-0.25, -0.2) is 17.5 Å². The zero-order valence-electron chi connectivity index (χ0n) is 8.17. The Morgan fingerprint density at radius 2 is 2.00 bits per heavy atom. The highest BCUT2D eigenvalue weighted by Crippen LogP contribution is 2.29. The fourth-order valence-corrected chi connectivity index (χ4v) is 2.76. The Morgan fingerprint density at radius 1 is 1.38 bits per heavy atom. The van der Waals surface area contributed by atoms with Crippen LogP contribution in [-0.2, 0) is 10.0 Å². The number of hydrogen-bond donors (Lipinski definition) is 1. The third kappa shape index (κ3) is 1.21. The first-order chi connectivity index (χ1) is 7.35. The lowest BCUT2D eigenvalue weighted by molar-refractivity contribution is 0.0696. The monoisotopic (exact) mass is 241 g/mol. The minimum Gasteiger partial charge on any atom is -0.478 e. The maximum absolute atomic E-state index is 11.6. The minimum atomic E-state index is -3.79. The molecule has 0 fully saturated rings. The molecule has 1 heterocycles. The molecule has 84 valence electrons. The summed E-state index contributed by atoms with van der Waals surface area (Å²) in [6, 6.07) is 3.36. The summed E-state index contributed by atoms with van der Waals surface area (Å²) in [6.45, 7) is 0. The molecule has 1 N–H and O–H groups in total. The van der Waals surface area contributed by atoms with Crippen LogP contribution >= 0.6 is 0 Å². The van der Waals surface area contributed by atoms with E-state index in [2.05, 4.69) is 0 Å². The number of benzene rings is 1. The Hall–Kier alpha value is -1.89. The number of rotatable bonds is 1. The maximum atomic E-state index is 11.6. The van der Waals surface area contributed by atoms with Crippen molar-refractivity contribution in [3.05, 3.63) is 29.3 Å². The molecule has 0 saturated carbocycles. The molecule has 0 unspecified atom stereocenters. The SMILES string of the molecule is CN1C(=O)c2cc(C(=O)O)ccc2S1(=O)=O. The zero-order chi connectivity index (χ0) is 12.1. The van der Waals surface area contributed by atoms with E-state index in [-0.39, 0.29) is 16.0 Å². The van der Waals surface area contributed by atoms with Gasteiger partial charge >= 0.3 is 5.97 Å². The number of amides is 1. The highest BCUT2D eigenvalue weighted by Gasteiger charge is 2.38. The van der Waals surface area contributed by atoms with Crippen molar-refractivity contribution in [2.24, 2.45) is 0 Å². The van der Waals surface area contributed by atoms with Crippen molar-refractivity contribution in [3.63, 3.8) is 0 Å². The van der Waals surface area contributed by atoms with E-state index in [0.29, 0.717) is 4.31 Å². The highest BCUT2D eigenvalue weighted by molar-refractivity contribution is 7.90. The van der Waals surface area contributed by atoms with Gasteiger partial charge in [0.15, 0.2) is 0 Å². The number of hydrogen-bond acceptors (Lipinski definition) is 4. The molecule has 0 atom stereocenters. The molecule has 0 spiro atoms. The molecular weight excluding hydrogens is 234 g/mol. The molecule has 1 aliphatic heterocycles. The van der Waals surface area contributed by atoms with Crippen LogP contribution in [0.3, 0.4) is 0 Å². The van der Waals surface area contributed by atoms with E-state index < -0.39 is 21.9 Å². The minimum absolute atomic E-state index is 0.0950. The van der Waals surface area contributed by atoms with Crippen LogP contribution in [0.25, 0.3) is 0 Å². The first-order valence-corrected chi connectivity index (χ1v) is 5.70. The van der Waals surface area contributed by atoms with Crippen molar-refractivity contribution in [3.8, 4) is 0 Å². The van der Waals surface area contributed by atoms with Crippen LogP contribution in [0.1, 0.15) is 20.7 Å². The van der Waals surface area contributed by atoms with Gasteiger partial charge in [-0.15, -0.1) is 0 Å². The zero-order valence-corrected chi connectivity index (χ0v) is 8.98. The third-order valence-corrected chi connectivity index (χ3v) is 4.18. The molecular formula is C9H7NO5S. The second-order valence-corrected chi connectivity index (χ2v) is 5.23. The number of sulfonamides is 1. The van der Waals surface area contributed by atoms with Crippen molar-refractivity contribution >= 4 is 21.9 Å². The van der Waals surface area contributed by atoms with Gasteiger partial charge in [-0.05, 0) is 18.2 Å².